The molecule has 0 aliphatic heterocycles. The Balaban J connectivity index is 1.62. The highest BCUT2D eigenvalue weighted by Gasteiger charge is 2.08. The average Bonchev–Trinajstić information content (AvgIpc) is 3.04. The second-order valence-corrected chi connectivity index (χ2v) is 7.02. The van der Waals surface area contributed by atoms with Gasteiger partial charge in [-0.25, -0.2) is 9.37 Å². The highest BCUT2D eigenvalue weighted by Crippen LogP contribution is 2.16. The van der Waals surface area contributed by atoms with Crippen LogP contribution in [0.15, 0.2) is 34.6 Å². The summed E-state index contributed by atoms with van der Waals surface area (Å²) in [6, 6.07) is 6.42. The number of ether oxygens (including phenoxy) is 1. The molecule has 0 spiro atoms. The van der Waals surface area contributed by atoms with Crippen molar-refractivity contribution in [3.05, 3.63) is 46.2 Å². The molecule has 0 bridgehead atoms. The summed E-state index contributed by atoms with van der Waals surface area (Å²) in [6.07, 6.45) is 2.96. The number of hydrogen-bond donors (Lipinski definition) is 2. The van der Waals surface area contributed by atoms with Crippen molar-refractivity contribution < 1.29 is 9.13 Å². The molecule has 0 aliphatic rings. The fraction of sp³-hybridized carbons (Fsp3) is 0.474. The maximum atomic E-state index is 13.6. The minimum absolute atomic E-state index is 0.182. The van der Waals surface area contributed by atoms with Crippen LogP contribution >= 0.6 is 11.3 Å². The average molecular weight is 379 g/mol. The monoisotopic (exact) mass is 378 g/mol. The van der Waals surface area contributed by atoms with E-state index in [1.54, 1.807) is 36.6 Å². The number of unbranched alkanes of at least 4 members (excludes halogenated alkanes) is 1. The van der Waals surface area contributed by atoms with Gasteiger partial charge in [0.1, 0.15) is 6.10 Å². The zero-order chi connectivity index (χ0) is 18.8. The third-order valence-electron chi connectivity index (χ3n) is 3.72. The van der Waals surface area contributed by atoms with Crippen LogP contribution in [0, 0.1) is 12.7 Å². The van der Waals surface area contributed by atoms with E-state index in [4.69, 9.17) is 4.74 Å². The Morgan fingerprint density at radius 1 is 1.31 bits per heavy atom. The van der Waals surface area contributed by atoms with Gasteiger partial charge in [-0.2, -0.15) is 0 Å². The van der Waals surface area contributed by atoms with E-state index in [2.05, 4.69) is 26.0 Å². The standard InChI is InChI=1S/C19H27FN4OS/c1-14-13-26-18(24-14)10-6-7-11-22-19(21-3)23-12-15(2)25-17-9-5-4-8-16(17)20/h4-5,8-9,13,15H,6-7,10-12H2,1-3H3,(H2,21,22,23). The summed E-state index contributed by atoms with van der Waals surface area (Å²) < 4.78 is 19.2. The number of benzene rings is 1. The van der Waals surface area contributed by atoms with Gasteiger partial charge in [-0.05, 0) is 45.2 Å². The molecule has 0 radical (unpaired) electrons. The number of nitrogens with zero attached hydrogens (tertiary/aromatic N) is 2. The summed E-state index contributed by atoms with van der Waals surface area (Å²) in [5, 5.41) is 9.77. The van der Waals surface area contributed by atoms with Crippen LogP contribution in [-0.4, -0.2) is 37.2 Å². The number of aliphatic imine (C=N–C) groups is 1. The van der Waals surface area contributed by atoms with Gasteiger partial charge in [0.2, 0.25) is 0 Å². The second-order valence-electron chi connectivity index (χ2n) is 6.08. The molecule has 0 saturated carbocycles. The molecular formula is C19H27FN4OS. The van der Waals surface area contributed by atoms with E-state index in [-0.39, 0.29) is 17.7 Å². The van der Waals surface area contributed by atoms with E-state index in [1.807, 2.05) is 13.8 Å². The van der Waals surface area contributed by atoms with Gasteiger partial charge in [0.05, 0.1) is 11.6 Å². The van der Waals surface area contributed by atoms with Crippen molar-refractivity contribution in [3.8, 4) is 5.75 Å². The summed E-state index contributed by atoms with van der Waals surface area (Å²) >= 11 is 1.72. The molecule has 2 rings (SSSR count). The van der Waals surface area contributed by atoms with E-state index in [0.717, 1.165) is 37.5 Å². The number of nitrogens with one attached hydrogen (secondary N) is 2. The van der Waals surface area contributed by atoms with E-state index in [1.165, 1.54) is 11.1 Å². The molecule has 0 aliphatic carbocycles. The van der Waals surface area contributed by atoms with Crippen LogP contribution in [0.4, 0.5) is 4.39 Å². The van der Waals surface area contributed by atoms with Crippen LogP contribution in [0.1, 0.15) is 30.5 Å². The Labute approximate surface area is 158 Å². The third-order valence-corrected chi connectivity index (χ3v) is 4.75. The van der Waals surface area contributed by atoms with Crippen molar-refractivity contribution in [1.29, 1.82) is 0 Å². The lowest BCUT2D eigenvalue weighted by Gasteiger charge is -2.18. The van der Waals surface area contributed by atoms with Crippen LogP contribution in [0.25, 0.3) is 0 Å². The molecule has 1 heterocycles. The van der Waals surface area contributed by atoms with Gasteiger partial charge in [-0.3, -0.25) is 4.99 Å². The Morgan fingerprint density at radius 2 is 2.12 bits per heavy atom. The molecular weight excluding hydrogens is 351 g/mol. The van der Waals surface area contributed by atoms with Gasteiger partial charge in [0.25, 0.3) is 0 Å². The van der Waals surface area contributed by atoms with Crippen LogP contribution in [0.3, 0.4) is 0 Å². The molecule has 1 unspecified atom stereocenters. The zero-order valence-corrected chi connectivity index (χ0v) is 16.4. The van der Waals surface area contributed by atoms with Crippen molar-refractivity contribution in [2.75, 3.05) is 20.1 Å². The van der Waals surface area contributed by atoms with Crippen molar-refractivity contribution in [2.24, 2.45) is 4.99 Å². The summed E-state index contributed by atoms with van der Waals surface area (Å²) in [7, 11) is 1.73. The van der Waals surface area contributed by atoms with Gasteiger partial charge in [-0.15, -0.1) is 11.3 Å². The fourth-order valence-electron chi connectivity index (χ4n) is 2.39. The lowest BCUT2D eigenvalue weighted by atomic mass is 10.2. The normalized spacial score (nSPS) is 12.7. The quantitative estimate of drug-likeness (QED) is 0.398. The molecule has 26 heavy (non-hydrogen) atoms. The molecule has 2 aromatic rings. The number of rotatable bonds is 9. The summed E-state index contributed by atoms with van der Waals surface area (Å²) in [5.41, 5.74) is 1.10. The first-order valence-corrected chi connectivity index (χ1v) is 9.73. The number of aromatic nitrogens is 1. The lowest BCUT2D eigenvalue weighted by Crippen LogP contribution is -2.42. The van der Waals surface area contributed by atoms with Crippen molar-refractivity contribution in [2.45, 2.75) is 39.2 Å². The van der Waals surface area contributed by atoms with Crippen molar-refractivity contribution >= 4 is 17.3 Å². The third kappa shape index (κ3) is 7.00. The number of para-hydroxylation sites is 1. The summed E-state index contributed by atoms with van der Waals surface area (Å²) in [4.78, 5) is 8.67. The number of hydrogen-bond acceptors (Lipinski definition) is 4. The highest BCUT2D eigenvalue weighted by atomic mass is 32.1. The van der Waals surface area contributed by atoms with E-state index in [9.17, 15) is 4.39 Å². The Morgan fingerprint density at radius 3 is 2.81 bits per heavy atom. The Kier molecular flexibility index (Phi) is 8.34. The predicted molar refractivity (Wildman–Crippen MR) is 106 cm³/mol. The zero-order valence-electron chi connectivity index (χ0n) is 15.6. The molecule has 2 N–H and O–H groups in total. The van der Waals surface area contributed by atoms with E-state index < -0.39 is 0 Å². The first-order valence-electron chi connectivity index (χ1n) is 8.85. The number of halogens is 1. The van der Waals surface area contributed by atoms with Gasteiger partial charge in [-0.1, -0.05) is 12.1 Å². The van der Waals surface area contributed by atoms with E-state index >= 15 is 0 Å². The van der Waals surface area contributed by atoms with Crippen LogP contribution in [-0.2, 0) is 6.42 Å². The highest BCUT2D eigenvalue weighted by molar-refractivity contribution is 7.09. The SMILES string of the molecule is CN=C(NCCCCc1nc(C)cs1)NCC(C)Oc1ccccc1F. The van der Waals surface area contributed by atoms with Crippen LogP contribution in [0.5, 0.6) is 5.75 Å². The second kappa shape index (κ2) is 10.8. The molecule has 7 heteroatoms. The van der Waals surface area contributed by atoms with Gasteiger partial charge >= 0.3 is 0 Å². The van der Waals surface area contributed by atoms with Crippen molar-refractivity contribution in [1.82, 2.24) is 15.6 Å². The number of guanidine groups is 1. The van der Waals surface area contributed by atoms with Crippen LogP contribution in [0.2, 0.25) is 0 Å². The fourth-order valence-corrected chi connectivity index (χ4v) is 3.20. The molecule has 142 valence electrons. The Bertz CT molecular complexity index is 704. The van der Waals surface area contributed by atoms with E-state index in [0.29, 0.717) is 6.54 Å². The molecule has 0 amide bonds. The maximum Gasteiger partial charge on any atom is 0.191 e. The Hall–Kier alpha value is -2.15. The minimum atomic E-state index is -0.350. The molecule has 0 saturated heterocycles. The maximum absolute atomic E-state index is 13.6. The summed E-state index contributed by atoms with van der Waals surface area (Å²) in [5.74, 6) is 0.638. The van der Waals surface area contributed by atoms with Crippen LogP contribution < -0.4 is 15.4 Å². The van der Waals surface area contributed by atoms with Gasteiger partial charge in [0, 0.05) is 24.7 Å². The molecule has 5 nitrogen and oxygen atoms in total. The molecule has 0 fully saturated rings. The summed E-state index contributed by atoms with van der Waals surface area (Å²) in [6.45, 7) is 5.29. The van der Waals surface area contributed by atoms with Gasteiger partial charge in [0.15, 0.2) is 17.5 Å². The smallest absolute Gasteiger partial charge is 0.191 e. The first kappa shape index (κ1) is 20.2. The van der Waals surface area contributed by atoms with Gasteiger partial charge < -0.3 is 15.4 Å². The minimum Gasteiger partial charge on any atom is -0.486 e. The predicted octanol–water partition coefficient (Wildman–Crippen LogP) is 3.55. The number of aryl methyl sites for hydroxylation is 2. The number of thiazole rings is 1. The first-order chi connectivity index (χ1) is 12.6. The largest absolute Gasteiger partial charge is 0.486 e. The van der Waals surface area contributed by atoms with Crippen molar-refractivity contribution in [3.63, 3.8) is 0 Å². The molecule has 1 aromatic heterocycles. The molecule has 1 aromatic carbocycles. The molecule has 1 atom stereocenters. The topological polar surface area (TPSA) is 58.5 Å². The lowest BCUT2D eigenvalue weighted by molar-refractivity contribution is 0.214.